The number of rotatable bonds is 8. The maximum Gasteiger partial charge on any atom is 0.293 e. The van der Waals surface area contributed by atoms with E-state index in [4.69, 9.17) is 21.1 Å². The van der Waals surface area contributed by atoms with Crippen LogP contribution in [0, 0.1) is 5.82 Å². The number of hydrogen-bond donors (Lipinski definition) is 0. The van der Waals surface area contributed by atoms with Crippen LogP contribution in [-0.4, -0.2) is 22.7 Å². The molecule has 5 nitrogen and oxygen atoms in total. The van der Waals surface area contributed by atoms with Crippen molar-refractivity contribution in [1.29, 1.82) is 0 Å². The van der Waals surface area contributed by atoms with Gasteiger partial charge in [0.25, 0.3) is 11.1 Å². The number of thioether (sulfide) groups is 1. The minimum Gasteiger partial charge on any atom is -0.490 e. The molecule has 0 saturated carbocycles. The van der Waals surface area contributed by atoms with Crippen molar-refractivity contribution in [3.63, 3.8) is 0 Å². The van der Waals surface area contributed by atoms with Crippen molar-refractivity contribution < 1.29 is 23.5 Å². The third-order valence-corrected chi connectivity index (χ3v) is 6.16. The quantitative estimate of drug-likeness (QED) is 0.324. The van der Waals surface area contributed by atoms with Gasteiger partial charge in [0, 0.05) is 5.02 Å². The molecule has 3 aromatic carbocycles. The fourth-order valence-electron chi connectivity index (χ4n) is 3.30. The van der Waals surface area contributed by atoms with Gasteiger partial charge >= 0.3 is 0 Å². The summed E-state index contributed by atoms with van der Waals surface area (Å²) in [4.78, 5) is 26.9. The largest absolute Gasteiger partial charge is 0.490 e. The average molecular weight is 498 g/mol. The first-order valence-electron chi connectivity index (χ1n) is 10.6. The van der Waals surface area contributed by atoms with Gasteiger partial charge in [0.05, 0.1) is 18.1 Å². The van der Waals surface area contributed by atoms with Crippen LogP contribution in [-0.2, 0) is 17.9 Å². The number of benzene rings is 3. The van der Waals surface area contributed by atoms with Gasteiger partial charge in [-0.25, -0.2) is 4.39 Å². The van der Waals surface area contributed by atoms with E-state index in [1.165, 1.54) is 17.0 Å². The van der Waals surface area contributed by atoms with Gasteiger partial charge in [0.15, 0.2) is 11.5 Å². The van der Waals surface area contributed by atoms with Crippen LogP contribution in [0.15, 0.2) is 71.6 Å². The minimum atomic E-state index is -0.348. The SMILES string of the molecule is CCOc1cc(C=C2SC(=O)N(Cc3ccc(Cl)cc3)C2=O)ccc1OCc1ccc(F)cc1. The topological polar surface area (TPSA) is 55.8 Å². The number of nitrogens with zero attached hydrogens (tertiary/aromatic N) is 1. The zero-order valence-electron chi connectivity index (χ0n) is 18.3. The summed E-state index contributed by atoms with van der Waals surface area (Å²) in [5.74, 6) is 0.387. The molecule has 8 heteroatoms. The number of amides is 2. The van der Waals surface area contributed by atoms with Crippen LogP contribution in [0.25, 0.3) is 6.08 Å². The van der Waals surface area contributed by atoms with Gasteiger partial charge in [-0.15, -0.1) is 0 Å². The van der Waals surface area contributed by atoms with Gasteiger partial charge in [0.2, 0.25) is 0 Å². The van der Waals surface area contributed by atoms with Crippen LogP contribution in [0.5, 0.6) is 11.5 Å². The van der Waals surface area contributed by atoms with Crippen molar-refractivity contribution in [3.8, 4) is 11.5 Å². The predicted molar refractivity (Wildman–Crippen MR) is 131 cm³/mol. The number of halogens is 2. The van der Waals surface area contributed by atoms with E-state index in [-0.39, 0.29) is 30.1 Å². The lowest BCUT2D eigenvalue weighted by Gasteiger charge is -2.13. The summed E-state index contributed by atoms with van der Waals surface area (Å²) in [5, 5.41) is 0.267. The zero-order chi connectivity index (χ0) is 24.1. The summed E-state index contributed by atoms with van der Waals surface area (Å²) >= 11 is 6.81. The molecule has 34 heavy (non-hydrogen) atoms. The van der Waals surface area contributed by atoms with Gasteiger partial charge in [-0.05, 0) is 77.9 Å². The summed E-state index contributed by atoms with van der Waals surface area (Å²) in [6, 6.07) is 18.4. The minimum absolute atomic E-state index is 0.180. The molecule has 0 N–H and O–H groups in total. The Hall–Kier alpha value is -3.29. The van der Waals surface area contributed by atoms with Gasteiger partial charge in [0.1, 0.15) is 12.4 Å². The molecular formula is C26H21ClFNO4S. The molecule has 0 spiro atoms. The molecule has 3 aromatic rings. The van der Waals surface area contributed by atoms with Gasteiger partial charge in [-0.3, -0.25) is 14.5 Å². The first kappa shape index (κ1) is 23.9. The number of hydrogen-bond acceptors (Lipinski definition) is 5. The third kappa shape index (κ3) is 5.79. The Balaban J connectivity index is 1.49. The Bertz CT molecular complexity index is 1230. The Kier molecular flexibility index (Phi) is 7.55. The number of carbonyl (C=O) groups is 2. The van der Waals surface area contributed by atoms with Crippen LogP contribution in [0.3, 0.4) is 0 Å². The lowest BCUT2D eigenvalue weighted by Crippen LogP contribution is -2.27. The summed E-state index contributed by atoms with van der Waals surface area (Å²) in [6.45, 7) is 2.72. The Morgan fingerprint density at radius 2 is 1.65 bits per heavy atom. The first-order chi connectivity index (χ1) is 16.4. The van der Waals surface area contributed by atoms with Gasteiger partial charge in [-0.2, -0.15) is 0 Å². The third-order valence-electron chi connectivity index (χ3n) is 5.00. The molecule has 174 valence electrons. The Morgan fingerprint density at radius 3 is 2.35 bits per heavy atom. The van der Waals surface area contributed by atoms with E-state index in [1.54, 1.807) is 60.7 Å². The highest BCUT2D eigenvalue weighted by atomic mass is 35.5. The molecular weight excluding hydrogens is 477 g/mol. The Morgan fingerprint density at radius 1 is 0.941 bits per heavy atom. The summed E-state index contributed by atoms with van der Waals surface area (Å²) < 4.78 is 24.7. The van der Waals surface area contributed by atoms with E-state index in [0.717, 1.165) is 22.9 Å². The maximum atomic E-state index is 13.1. The fraction of sp³-hybridized carbons (Fsp3) is 0.154. The fourth-order valence-corrected chi connectivity index (χ4v) is 4.27. The van der Waals surface area contributed by atoms with E-state index in [0.29, 0.717) is 33.6 Å². The highest BCUT2D eigenvalue weighted by molar-refractivity contribution is 8.18. The van der Waals surface area contributed by atoms with E-state index in [2.05, 4.69) is 0 Å². The molecule has 1 fully saturated rings. The van der Waals surface area contributed by atoms with Crippen molar-refractivity contribution in [1.82, 2.24) is 4.90 Å². The number of imide groups is 1. The normalized spacial score (nSPS) is 14.7. The molecule has 1 aliphatic rings. The molecule has 1 aliphatic heterocycles. The lowest BCUT2D eigenvalue weighted by molar-refractivity contribution is -0.123. The standard InChI is InChI=1S/C26H21ClFNO4S/c1-2-32-23-13-19(7-12-22(23)33-16-18-5-10-21(28)11-6-18)14-24-25(30)29(26(31)34-24)15-17-3-8-20(27)9-4-17/h3-14H,2,15-16H2,1H3. The molecule has 1 heterocycles. The van der Waals surface area contributed by atoms with E-state index < -0.39 is 0 Å². The van der Waals surface area contributed by atoms with E-state index >= 15 is 0 Å². The van der Waals surface area contributed by atoms with Crippen LogP contribution in [0.1, 0.15) is 23.6 Å². The maximum absolute atomic E-state index is 13.1. The van der Waals surface area contributed by atoms with Crippen LogP contribution >= 0.6 is 23.4 Å². The second-order valence-electron chi connectivity index (χ2n) is 7.45. The Labute approximate surface area is 206 Å². The number of carbonyl (C=O) groups excluding carboxylic acids is 2. The monoisotopic (exact) mass is 497 g/mol. The molecule has 0 atom stereocenters. The summed E-state index contributed by atoms with van der Waals surface area (Å²) in [5.41, 5.74) is 2.34. The van der Waals surface area contributed by atoms with Crippen molar-refractivity contribution in [3.05, 3.63) is 99.2 Å². The molecule has 0 aromatic heterocycles. The lowest BCUT2D eigenvalue weighted by atomic mass is 10.1. The van der Waals surface area contributed by atoms with E-state index in [1.807, 2.05) is 6.92 Å². The highest BCUT2D eigenvalue weighted by Gasteiger charge is 2.35. The second-order valence-corrected chi connectivity index (χ2v) is 8.88. The van der Waals surface area contributed by atoms with Crippen LogP contribution in [0.2, 0.25) is 5.02 Å². The smallest absolute Gasteiger partial charge is 0.293 e. The van der Waals surface area contributed by atoms with Crippen molar-refractivity contribution >= 4 is 40.6 Å². The van der Waals surface area contributed by atoms with Crippen molar-refractivity contribution in [2.75, 3.05) is 6.61 Å². The summed E-state index contributed by atoms with van der Waals surface area (Å²) in [6.07, 6.45) is 1.67. The van der Waals surface area contributed by atoms with Gasteiger partial charge < -0.3 is 9.47 Å². The summed E-state index contributed by atoms with van der Waals surface area (Å²) in [7, 11) is 0. The molecule has 0 aliphatic carbocycles. The average Bonchev–Trinajstić information content (AvgIpc) is 3.08. The van der Waals surface area contributed by atoms with Crippen molar-refractivity contribution in [2.24, 2.45) is 0 Å². The first-order valence-corrected chi connectivity index (χ1v) is 11.8. The number of ether oxygens (including phenoxy) is 2. The van der Waals surface area contributed by atoms with Crippen LogP contribution < -0.4 is 9.47 Å². The molecule has 4 rings (SSSR count). The molecule has 2 amide bonds. The van der Waals surface area contributed by atoms with E-state index in [9.17, 15) is 14.0 Å². The van der Waals surface area contributed by atoms with Gasteiger partial charge in [-0.1, -0.05) is 41.9 Å². The van der Waals surface area contributed by atoms with Crippen molar-refractivity contribution in [2.45, 2.75) is 20.1 Å². The second kappa shape index (κ2) is 10.8. The molecule has 0 unspecified atom stereocenters. The molecule has 1 saturated heterocycles. The molecule has 0 radical (unpaired) electrons. The predicted octanol–water partition coefficient (Wildman–Crippen LogP) is 6.69. The molecule has 0 bridgehead atoms. The van der Waals surface area contributed by atoms with Crippen LogP contribution in [0.4, 0.5) is 9.18 Å². The highest BCUT2D eigenvalue weighted by Crippen LogP contribution is 2.35. The zero-order valence-corrected chi connectivity index (χ0v) is 19.9.